The number of nitrogens with zero attached hydrogens (tertiary/aromatic N) is 8. The lowest BCUT2D eigenvalue weighted by molar-refractivity contribution is 0.0358. The molecule has 6 aromatic rings. The number of nitrogens with one attached hydrogen (secondary N) is 2. The van der Waals surface area contributed by atoms with Crippen LogP contribution in [-0.2, 0) is 30.8 Å². The molecule has 60 heavy (non-hydrogen) atoms. The minimum absolute atomic E-state index is 0.0833. The Labute approximate surface area is 345 Å². The van der Waals surface area contributed by atoms with E-state index < -0.39 is 23.9 Å². The number of hydrogen-bond acceptors (Lipinski definition) is 13. The number of ether oxygens (including phenoxy) is 2. The number of allylic oxidation sites excluding steroid dienone is 2. The lowest BCUT2D eigenvalue weighted by atomic mass is 10.1. The van der Waals surface area contributed by atoms with Gasteiger partial charge in [-0.2, -0.15) is 5.10 Å². The van der Waals surface area contributed by atoms with E-state index in [9.17, 15) is 19.5 Å². The molecule has 7 N–H and O–H groups in total. The van der Waals surface area contributed by atoms with Crippen LogP contribution in [0.5, 0.6) is 5.75 Å². The van der Waals surface area contributed by atoms with Crippen LogP contribution in [0, 0.1) is 13.8 Å². The number of rotatable bonds is 17. The van der Waals surface area contributed by atoms with Gasteiger partial charge in [-0.1, -0.05) is 19.1 Å². The Morgan fingerprint density at radius 3 is 2.38 bits per heavy atom. The number of oxazole rings is 1. The van der Waals surface area contributed by atoms with Gasteiger partial charge >= 0.3 is 0 Å². The van der Waals surface area contributed by atoms with Crippen molar-refractivity contribution in [2.45, 2.75) is 66.4 Å². The van der Waals surface area contributed by atoms with Crippen molar-refractivity contribution in [3.8, 4) is 5.75 Å². The Balaban J connectivity index is 1.22. The summed E-state index contributed by atoms with van der Waals surface area (Å²) >= 11 is 0. The summed E-state index contributed by atoms with van der Waals surface area (Å²) < 4.78 is 22.8. The lowest BCUT2D eigenvalue weighted by Crippen LogP contribution is -2.37. The number of imidazole rings is 2. The number of aliphatic hydroxyl groups is 1. The van der Waals surface area contributed by atoms with Gasteiger partial charge in [0.2, 0.25) is 23.6 Å². The van der Waals surface area contributed by atoms with Gasteiger partial charge in [-0.05, 0) is 63.1 Å². The Bertz CT molecular complexity index is 2560. The molecule has 0 spiro atoms. The minimum Gasteiger partial charge on any atom is -0.491 e. The molecule has 19 nitrogen and oxygen atoms in total. The van der Waals surface area contributed by atoms with E-state index >= 15 is 0 Å². The highest BCUT2D eigenvalue weighted by Crippen LogP contribution is 2.33. The molecule has 2 aromatic carbocycles. The quantitative estimate of drug-likeness (QED) is 0.0501. The highest BCUT2D eigenvalue weighted by atomic mass is 16.5. The van der Waals surface area contributed by atoms with Crippen molar-refractivity contribution in [1.82, 2.24) is 38.8 Å². The zero-order valence-corrected chi connectivity index (χ0v) is 34.1. The largest absolute Gasteiger partial charge is 0.491 e. The third-order valence-corrected chi connectivity index (χ3v) is 10.2. The van der Waals surface area contributed by atoms with Crippen LogP contribution < -0.4 is 26.8 Å². The third-order valence-electron chi connectivity index (χ3n) is 10.2. The Morgan fingerprint density at radius 1 is 0.950 bits per heavy atom. The second-order valence-corrected chi connectivity index (χ2v) is 14.4. The van der Waals surface area contributed by atoms with Gasteiger partial charge < -0.3 is 39.6 Å². The van der Waals surface area contributed by atoms with Crippen molar-refractivity contribution in [3.63, 3.8) is 0 Å². The summed E-state index contributed by atoms with van der Waals surface area (Å²) in [5, 5.41) is 20.7. The standard InChI is InChI=1S/C41H50N12O7/c1-5-28-35(60-25(4)44-28)39(57)48-41-46-30-22-27(37(43)55)23-33(59-17-9-12-50-15-18-58-19-16-50)34(30)52(41)14-8-7-13-51-31-11-10-26(36(42)54)21-29(31)45-40(51)47-38(56)32-20-24(3)49-53(32)6-2/h7-8,10-11,20-23,37,55H,5-6,9,12-19,43H2,1-4H3,(H2,42,54)(H,45,47,56)(H,46,48,57)/b8-7+. The molecule has 1 aliphatic heterocycles. The van der Waals surface area contributed by atoms with Crippen LogP contribution in [0.1, 0.15) is 80.7 Å². The molecular weight excluding hydrogens is 773 g/mol. The molecule has 0 aliphatic carbocycles. The van der Waals surface area contributed by atoms with E-state index in [0.29, 0.717) is 89.1 Å². The predicted octanol–water partition coefficient (Wildman–Crippen LogP) is 3.68. The Hall–Kier alpha value is -6.41. The number of primary amides is 1. The van der Waals surface area contributed by atoms with Crippen LogP contribution in [-0.4, -0.2) is 101 Å². The smallest absolute Gasteiger partial charge is 0.295 e. The van der Waals surface area contributed by atoms with Crippen molar-refractivity contribution in [2.75, 3.05) is 50.1 Å². The van der Waals surface area contributed by atoms with Crippen molar-refractivity contribution < 1.29 is 33.4 Å². The molecule has 0 bridgehead atoms. The maximum Gasteiger partial charge on any atom is 0.295 e. The molecule has 1 aliphatic rings. The summed E-state index contributed by atoms with van der Waals surface area (Å²) in [7, 11) is 0. The van der Waals surface area contributed by atoms with Crippen molar-refractivity contribution in [3.05, 3.63) is 88.4 Å². The number of fused-ring (bicyclic) bond motifs is 2. The van der Waals surface area contributed by atoms with Crippen molar-refractivity contribution in [1.29, 1.82) is 0 Å². The predicted molar refractivity (Wildman–Crippen MR) is 223 cm³/mol. The Kier molecular flexibility index (Phi) is 12.7. The molecule has 19 heteroatoms. The number of aryl methyl sites for hydroxylation is 4. The van der Waals surface area contributed by atoms with E-state index in [2.05, 4.69) is 30.6 Å². The highest BCUT2D eigenvalue weighted by molar-refractivity contribution is 6.04. The number of benzene rings is 2. The van der Waals surface area contributed by atoms with E-state index in [1.807, 2.05) is 32.9 Å². The number of morpholine rings is 1. The normalized spacial score (nSPS) is 14.0. The van der Waals surface area contributed by atoms with Gasteiger partial charge in [0.15, 0.2) is 5.89 Å². The fraction of sp³-hybridized carbons (Fsp3) is 0.390. The first-order valence-corrected chi connectivity index (χ1v) is 19.9. The van der Waals surface area contributed by atoms with Crippen molar-refractivity contribution >= 4 is 51.7 Å². The molecule has 1 unspecified atom stereocenters. The van der Waals surface area contributed by atoms with Gasteiger partial charge in [-0.3, -0.25) is 34.6 Å². The second kappa shape index (κ2) is 18.2. The average Bonchev–Trinajstić information content (AvgIpc) is 4.00. The van der Waals surface area contributed by atoms with Gasteiger partial charge in [0.05, 0.1) is 47.8 Å². The molecule has 1 saturated heterocycles. The topological polar surface area (TPSA) is 249 Å². The third kappa shape index (κ3) is 9.08. The van der Waals surface area contributed by atoms with Crippen LogP contribution in [0.2, 0.25) is 0 Å². The monoisotopic (exact) mass is 822 g/mol. The molecule has 0 saturated carbocycles. The maximum atomic E-state index is 13.7. The van der Waals surface area contributed by atoms with Crippen LogP contribution >= 0.6 is 0 Å². The molecule has 1 fully saturated rings. The first kappa shape index (κ1) is 41.7. The summed E-state index contributed by atoms with van der Waals surface area (Å²) in [6.45, 7) is 12.5. The Morgan fingerprint density at radius 2 is 1.67 bits per heavy atom. The SMILES string of the molecule is CCc1nc(C)oc1C(=O)Nc1nc2cc(C(N)O)cc(OCCCN3CCOCC3)c2n1C/C=C/Cn1c(NC(=O)c2cc(C)nn2CC)nc2cc(C(N)=O)ccc21. The molecule has 4 aromatic heterocycles. The maximum absolute atomic E-state index is 13.7. The van der Waals surface area contributed by atoms with Gasteiger partial charge in [0.25, 0.3) is 11.8 Å². The molecule has 5 heterocycles. The highest BCUT2D eigenvalue weighted by Gasteiger charge is 2.24. The lowest BCUT2D eigenvalue weighted by Gasteiger charge is -2.26. The number of aliphatic hydroxyl groups excluding tert-OH is 1. The summed E-state index contributed by atoms with van der Waals surface area (Å²) in [5.41, 5.74) is 15.9. The number of amides is 3. The van der Waals surface area contributed by atoms with E-state index in [-0.39, 0.29) is 36.3 Å². The van der Waals surface area contributed by atoms with Gasteiger partial charge in [0, 0.05) is 57.3 Å². The minimum atomic E-state index is -1.30. The number of hydrogen-bond donors (Lipinski definition) is 5. The number of carbonyl (C=O) groups is 3. The molecule has 0 radical (unpaired) electrons. The fourth-order valence-electron chi connectivity index (χ4n) is 7.20. The number of nitrogens with two attached hydrogens (primary N) is 2. The van der Waals surface area contributed by atoms with Crippen LogP contribution in [0.3, 0.4) is 0 Å². The summed E-state index contributed by atoms with van der Waals surface area (Å²) in [6.07, 6.45) is 3.68. The molecule has 316 valence electrons. The molecular formula is C41H50N12O7. The zero-order chi connectivity index (χ0) is 42.5. The number of aromatic nitrogens is 7. The average molecular weight is 823 g/mol. The summed E-state index contributed by atoms with van der Waals surface area (Å²) in [6, 6.07) is 9.96. The summed E-state index contributed by atoms with van der Waals surface area (Å²) in [4.78, 5) is 55.4. The van der Waals surface area contributed by atoms with Crippen LogP contribution in [0.4, 0.5) is 11.9 Å². The second-order valence-electron chi connectivity index (χ2n) is 14.4. The van der Waals surface area contributed by atoms with Gasteiger partial charge in [-0.15, -0.1) is 0 Å². The molecule has 7 rings (SSSR count). The van der Waals surface area contributed by atoms with E-state index in [0.717, 1.165) is 26.1 Å². The number of carbonyl (C=O) groups excluding carboxylic acids is 3. The van der Waals surface area contributed by atoms with Crippen LogP contribution in [0.25, 0.3) is 22.1 Å². The molecule has 3 amide bonds. The van der Waals surface area contributed by atoms with Crippen LogP contribution in [0.15, 0.2) is 53.0 Å². The molecule has 1 atom stereocenters. The number of anilines is 2. The van der Waals surface area contributed by atoms with E-state index in [1.165, 1.54) is 0 Å². The van der Waals surface area contributed by atoms with E-state index in [1.54, 1.807) is 57.1 Å². The van der Waals surface area contributed by atoms with E-state index in [4.69, 9.17) is 30.3 Å². The van der Waals surface area contributed by atoms with Gasteiger partial charge in [-0.25, -0.2) is 15.0 Å². The first-order chi connectivity index (χ1) is 28.9. The van der Waals surface area contributed by atoms with Crippen molar-refractivity contribution in [2.24, 2.45) is 11.5 Å². The summed E-state index contributed by atoms with van der Waals surface area (Å²) in [5.74, 6) is -0.210. The van der Waals surface area contributed by atoms with Gasteiger partial charge in [0.1, 0.15) is 23.2 Å². The zero-order valence-electron chi connectivity index (χ0n) is 34.1. The first-order valence-electron chi connectivity index (χ1n) is 19.9. The fourth-order valence-corrected chi connectivity index (χ4v) is 7.20.